The van der Waals surface area contributed by atoms with Gasteiger partial charge in [-0.25, -0.2) is 9.37 Å². The largest absolute Gasteiger partial charge is 0.494 e. The number of nitrogens with zero attached hydrogens (tertiary/aromatic N) is 2. The molecule has 0 atom stereocenters. The molecule has 0 radical (unpaired) electrons. The predicted molar refractivity (Wildman–Crippen MR) is 100.0 cm³/mol. The van der Waals surface area contributed by atoms with E-state index < -0.39 is 0 Å². The van der Waals surface area contributed by atoms with Crippen LogP contribution < -0.4 is 0 Å². The molecule has 26 heavy (non-hydrogen) atoms. The number of aromatic hydroxyl groups is 1. The van der Waals surface area contributed by atoms with Crippen LogP contribution in [0, 0.1) is 5.82 Å². The highest BCUT2D eigenvalue weighted by atomic mass is 19.1. The maximum absolute atomic E-state index is 13.9. The van der Waals surface area contributed by atoms with Crippen LogP contribution in [0.25, 0.3) is 38.8 Å². The summed E-state index contributed by atoms with van der Waals surface area (Å²) in [5.41, 5.74) is 3.93. The summed E-state index contributed by atoms with van der Waals surface area (Å²) in [5, 5.41) is 12.5. The van der Waals surface area contributed by atoms with Crippen LogP contribution in [0.2, 0.25) is 0 Å². The van der Waals surface area contributed by atoms with Gasteiger partial charge in [0.25, 0.3) is 0 Å². The van der Waals surface area contributed by atoms with E-state index in [4.69, 9.17) is 0 Å². The minimum atomic E-state index is -0.317. The van der Waals surface area contributed by atoms with Crippen molar-refractivity contribution in [2.45, 2.75) is 0 Å². The zero-order chi connectivity index (χ0) is 17.7. The summed E-state index contributed by atoms with van der Waals surface area (Å²) < 4.78 is 15.6. The third-order valence-electron chi connectivity index (χ3n) is 4.62. The molecule has 126 valence electrons. The van der Waals surface area contributed by atoms with E-state index in [0.717, 1.165) is 33.2 Å². The standard InChI is InChI=1S/C21H14FN3O/c22-14-5-3-4-13(10-14)20-16-6-1-2-7-17(16)21(26)25(20)15-8-9-18-19(11-15)24-12-23-18/h1-12,26H,(H,23,24). The first-order valence-corrected chi connectivity index (χ1v) is 8.24. The van der Waals surface area contributed by atoms with Crippen LogP contribution >= 0.6 is 0 Å². The van der Waals surface area contributed by atoms with Crippen molar-refractivity contribution in [1.82, 2.24) is 14.5 Å². The summed E-state index contributed by atoms with van der Waals surface area (Å²) in [6.45, 7) is 0. The number of fused-ring (bicyclic) bond motifs is 2. The van der Waals surface area contributed by atoms with Gasteiger partial charge in [-0.05, 0) is 36.4 Å². The fraction of sp³-hybridized carbons (Fsp3) is 0. The van der Waals surface area contributed by atoms with Crippen molar-refractivity contribution in [3.05, 3.63) is 78.9 Å². The third kappa shape index (κ3) is 2.10. The van der Waals surface area contributed by atoms with Gasteiger partial charge < -0.3 is 10.1 Å². The van der Waals surface area contributed by atoms with Crippen molar-refractivity contribution in [2.24, 2.45) is 0 Å². The Hall–Kier alpha value is -3.60. The lowest BCUT2D eigenvalue weighted by atomic mass is 10.1. The lowest BCUT2D eigenvalue weighted by Gasteiger charge is -2.11. The summed E-state index contributed by atoms with van der Waals surface area (Å²) >= 11 is 0. The maximum Gasteiger partial charge on any atom is 0.204 e. The Balaban J connectivity index is 1.89. The van der Waals surface area contributed by atoms with Crippen molar-refractivity contribution < 1.29 is 9.50 Å². The smallest absolute Gasteiger partial charge is 0.204 e. The average Bonchev–Trinajstić information content (AvgIpc) is 3.24. The van der Waals surface area contributed by atoms with E-state index in [0.29, 0.717) is 5.56 Å². The van der Waals surface area contributed by atoms with Crippen LogP contribution in [-0.2, 0) is 0 Å². The summed E-state index contributed by atoms with van der Waals surface area (Å²) in [6, 6.07) is 19.7. The van der Waals surface area contributed by atoms with E-state index >= 15 is 0 Å². The Kier molecular flexibility index (Phi) is 3.09. The second-order valence-corrected chi connectivity index (χ2v) is 6.17. The molecule has 0 fully saturated rings. The van der Waals surface area contributed by atoms with Crippen LogP contribution in [0.4, 0.5) is 4.39 Å². The second kappa shape index (κ2) is 5.46. The zero-order valence-corrected chi connectivity index (χ0v) is 13.6. The van der Waals surface area contributed by atoms with Gasteiger partial charge in [0.15, 0.2) is 0 Å². The number of hydrogen-bond acceptors (Lipinski definition) is 2. The minimum Gasteiger partial charge on any atom is -0.494 e. The van der Waals surface area contributed by atoms with Crippen LogP contribution in [0.1, 0.15) is 0 Å². The molecule has 2 heterocycles. The fourth-order valence-corrected chi connectivity index (χ4v) is 3.47. The molecule has 2 N–H and O–H groups in total. The van der Waals surface area contributed by atoms with E-state index in [1.165, 1.54) is 12.1 Å². The molecule has 5 aromatic rings. The number of H-pyrrole nitrogens is 1. The average molecular weight is 343 g/mol. The molecular weight excluding hydrogens is 329 g/mol. The molecule has 0 aliphatic heterocycles. The Bertz CT molecular complexity index is 1270. The number of aromatic amines is 1. The maximum atomic E-state index is 13.9. The fourth-order valence-electron chi connectivity index (χ4n) is 3.47. The van der Waals surface area contributed by atoms with Crippen LogP contribution in [-0.4, -0.2) is 19.6 Å². The predicted octanol–water partition coefficient (Wildman–Crippen LogP) is 5.02. The van der Waals surface area contributed by atoms with Gasteiger partial charge in [0.1, 0.15) is 5.82 Å². The van der Waals surface area contributed by atoms with Gasteiger partial charge in [-0.1, -0.05) is 30.3 Å². The number of imidazole rings is 1. The van der Waals surface area contributed by atoms with E-state index in [-0.39, 0.29) is 11.7 Å². The first-order chi connectivity index (χ1) is 12.7. The number of rotatable bonds is 2. The number of hydrogen-bond donors (Lipinski definition) is 2. The van der Waals surface area contributed by atoms with Crippen molar-refractivity contribution >= 4 is 21.8 Å². The first kappa shape index (κ1) is 14.7. The van der Waals surface area contributed by atoms with Gasteiger partial charge in [0.05, 0.1) is 28.7 Å². The number of aromatic nitrogens is 3. The monoisotopic (exact) mass is 343 g/mol. The molecule has 0 saturated heterocycles. The molecule has 2 aromatic heterocycles. The van der Waals surface area contributed by atoms with Crippen LogP contribution in [0.3, 0.4) is 0 Å². The molecule has 0 unspecified atom stereocenters. The molecule has 0 saturated carbocycles. The van der Waals surface area contributed by atoms with Gasteiger partial charge in [-0.3, -0.25) is 4.57 Å². The van der Waals surface area contributed by atoms with Gasteiger partial charge >= 0.3 is 0 Å². The molecule has 0 aliphatic carbocycles. The third-order valence-corrected chi connectivity index (χ3v) is 4.62. The van der Waals surface area contributed by atoms with E-state index in [2.05, 4.69) is 9.97 Å². The van der Waals surface area contributed by atoms with Crippen molar-refractivity contribution in [2.75, 3.05) is 0 Å². The quantitative estimate of drug-likeness (QED) is 0.473. The lowest BCUT2D eigenvalue weighted by Crippen LogP contribution is -1.97. The minimum absolute atomic E-state index is 0.124. The van der Waals surface area contributed by atoms with Crippen LogP contribution in [0.15, 0.2) is 73.1 Å². The van der Waals surface area contributed by atoms with Gasteiger partial charge in [-0.2, -0.15) is 0 Å². The summed E-state index contributed by atoms with van der Waals surface area (Å²) in [6.07, 6.45) is 1.63. The van der Waals surface area contributed by atoms with Crippen molar-refractivity contribution in [3.8, 4) is 22.8 Å². The topological polar surface area (TPSA) is 53.8 Å². The normalized spacial score (nSPS) is 11.4. The van der Waals surface area contributed by atoms with Crippen molar-refractivity contribution in [3.63, 3.8) is 0 Å². The van der Waals surface area contributed by atoms with E-state index in [1.54, 1.807) is 17.0 Å². The highest BCUT2D eigenvalue weighted by molar-refractivity contribution is 6.01. The molecule has 0 aliphatic rings. The number of nitrogens with one attached hydrogen (secondary N) is 1. The number of halogens is 1. The first-order valence-electron chi connectivity index (χ1n) is 8.24. The highest BCUT2D eigenvalue weighted by Crippen LogP contribution is 2.40. The molecule has 0 spiro atoms. The second-order valence-electron chi connectivity index (χ2n) is 6.17. The van der Waals surface area contributed by atoms with Crippen molar-refractivity contribution in [1.29, 1.82) is 0 Å². The molecule has 5 heteroatoms. The number of benzene rings is 3. The Morgan fingerprint density at radius 2 is 1.77 bits per heavy atom. The molecule has 0 bridgehead atoms. The Morgan fingerprint density at radius 3 is 2.62 bits per heavy atom. The van der Waals surface area contributed by atoms with E-state index in [9.17, 15) is 9.50 Å². The summed E-state index contributed by atoms with van der Waals surface area (Å²) in [7, 11) is 0. The molecule has 0 amide bonds. The van der Waals surface area contributed by atoms with Crippen LogP contribution in [0.5, 0.6) is 5.88 Å². The lowest BCUT2D eigenvalue weighted by molar-refractivity contribution is 0.449. The van der Waals surface area contributed by atoms with Gasteiger partial charge in [-0.15, -0.1) is 0 Å². The van der Waals surface area contributed by atoms with Gasteiger partial charge in [0, 0.05) is 16.3 Å². The summed E-state index contributed by atoms with van der Waals surface area (Å²) in [4.78, 5) is 7.32. The SMILES string of the molecule is Oc1c2ccccc2c(-c2cccc(F)c2)n1-c1ccc2nc[nH]c2c1. The Labute approximate surface area is 148 Å². The van der Waals surface area contributed by atoms with E-state index in [1.807, 2.05) is 48.5 Å². The van der Waals surface area contributed by atoms with Gasteiger partial charge in [0.2, 0.25) is 5.88 Å². The Morgan fingerprint density at radius 1 is 0.923 bits per heavy atom. The summed E-state index contributed by atoms with van der Waals surface area (Å²) in [5.74, 6) is -0.193. The zero-order valence-electron chi connectivity index (χ0n) is 13.6. The molecule has 4 nitrogen and oxygen atoms in total. The highest BCUT2D eigenvalue weighted by Gasteiger charge is 2.19. The molecule has 3 aromatic carbocycles. The molecule has 5 rings (SSSR count). The molecular formula is C21H14FN3O.